The summed E-state index contributed by atoms with van der Waals surface area (Å²) in [5.74, 6) is 0.397. The molecule has 0 saturated carbocycles. The van der Waals surface area contributed by atoms with Crippen molar-refractivity contribution < 1.29 is 17.9 Å². The number of allylic oxidation sites excluding steroid dienone is 1. The third kappa shape index (κ3) is 3.80. The van der Waals surface area contributed by atoms with Gasteiger partial charge in [0.25, 0.3) is 0 Å². The molecule has 3 rings (SSSR count). The number of carbonyl (C=O) groups is 1. The zero-order valence-corrected chi connectivity index (χ0v) is 15.9. The first-order valence-electron chi connectivity index (χ1n) is 8.67. The van der Waals surface area contributed by atoms with Crippen LogP contribution in [0.15, 0.2) is 35.4 Å². The summed E-state index contributed by atoms with van der Waals surface area (Å²) in [7, 11) is -3.28. The van der Waals surface area contributed by atoms with Crippen molar-refractivity contribution in [1.29, 1.82) is 0 Å². The van der Waals surface area contributed by atoms with Gasteiger partial charge < -0.3 is 20.7 Å². The van der Waals surface area contributed by atoms with Crippen molar-refractivity contribution in [3.05, 3.63) is 30.5 Å². The summed E-state index contributed by atoms with van der Waals surface area (Å²) in [5, 5.41) is 3.41. The highest BCUT2D eigenvalue weighted by Crippen LogP contribution is 2.38. The van der Waals surface area contributed by atoms with E-state index in [0.29, 0.717) is 11.4 Å². The molecule has 3 N–H and O–H groups in total. The lowest BCUT2D eigenvalue weighted by molar-refractivity contribution is 0.0876. The van der Waals surface area contributed by atoms with Crippen LogP contribution < -0.4 is 11.1 Å². The second-order valence-corrected chi connectivity index (χ2v) is 9.21. The third-order valence-electron chi connectivity index (χ3n) is 5.02. The second kappa shape index (κ2) is 6.83. The molecule has 7 nitrogen and oxygen atoms in total. The number of amides is 1. The van der Waals surface area contributed by atoms with Crippen LogP contribution in [0.4, 0.5) is 16.2 Å². The van der Waals surface area contributed by atoms with E-state index < -0.39 is 9.84 Å². The summed E-state index contributed by atoms with van der Waals surface area (Å²) in [6.07, 6.45) is 4.35. The summed E-state index contributed by atoms with van der Waals surface area (Å²) in [6, 6.07) is 5.18. The molecule has 0 unspecified atom stereocenters. The molecule has 0 aromatic heterocycles. The van der Waals surface area contributed by atoms with E-state index in [1.54, 1.807) is 19.1 Å². The minimum absolute atomic E-state index is 0.134. The smallest absolute Gasteiger partial charge is 0.415 e. The molecule has 1 aromatic carbocycles. The lowest BCUT2D eigenvalue weighted by atomic mass is 9.97. The van der Waals surface area contributed by atoms with E-state index >= 15 is 0 Å². The molecule has 1 aromatic rings. The quantitative estimate of drug-likeness (QED) is 0.616. The minimum Gasteiger partial charge on any atom is -0.416 e. The average molecular weight is 379 g/mol. The molecular weight excluding hydrogens is 354 g/mol. The molecule has 2 fully saturated rings. The Balaban J connectivity index is 1.69. The Morgan fingerprint density at radius 3 is 2.42 bits per heavy atom. The number of carbonyl (C=O) groups excluding carboxylic acids is 1. The van der Waals surface area contributed by atoms with E-state index in [2.05, 4.69) is 11.9 Å². The molecule has 0 aliphatic carbocycles. The van der Waals surface area contributed by atoms with Crippen LogP contribution in [0.25, 0.3) is 0 Å². The predicted molar refractivity (Wildman–Crippen MR) is 101 cm³/mol. The fraction of sp³-hybridized carbons (Fsp3) is 0.500. The van der Waals surface area contributed by atoms with E-state index in [-0.39, 0.29) is 29.1 Å². The van der Waals surface area contributed by atoms with Crippen LogP contribution >= 0.6 is 0 Å². The molecule has 0 spiro atoms. The zero-order chi connectivity index (χ0) is 19.1. The monoisotopic (exact) mass is 379 g/mol. The number of fused-ring (bicyclic) bond motifs is 2. The van der Waals surface area contributed by atoms with Crippen molar-refractivity contribution in [2.24, 2.45) is 0 Å². The Kier molecular flexibility index (Phi) is 4.88. The summed E-state index contributed by atoms with van der Waals surface area (Å²) >= 11 is 0. The van der Waals surface area contributed by atoms with Gasteiger partial charge in [-0.25, -0.2) is 13.2 Å². The van der Waals surface area contributed by atoms with E-state index in [9.17, 15) is 13.2 Å². The van der Waals surface area contributed by atoms with Gasteiger partial charge in [0.2, 0.25) is 0 Å². The number of piperidine rings is 1. The van der Waals surface area contributed by atoms with E-state index in [1.165, 1.54) is 6.07 Å². The normalized spacial score (nSPS) is 25.0. The van der Waals surface area contributed by atoms with Gasteiger partial charge in [0.15, 0.2) is 9.84 Å². The molecule has 26 heavy (non-hydrogen) atoms. The Morgan fingerprint density at radius 1 is 1.31 bits per heavy atom. The number of anilines is 2. The Morgan fingerprint density at radius 2 is 1.92 bits per heavy atom. The number of nitrogens with two attached hydrogens (primary N) is 1. The first-order valence-corrected chi connectivity index (χ1v) is 10.6. The second-order valence-electron chi connectivity index (χ2n) is 7.20. The number of benzene rings is 1. The van der Waals surface area contributed by atoms with Crippen LogP contribution in [-0.4, -0.2) is 43.8 Å². The lowest BCUT2D eigenvalue weighted by Gasteiger charge is -2.38. The molecule has 0 radical (unpaired) electrons. The van der Waals surface area contributed by atoms with E-state index in [0.717, 1.165) is 37.6 Å². The number of nitrogens with one attached hydrogen (secondary N) is 1. The molecule has 2 bridgehead atoms. The van der Waals surface area contributed by atoms with Crippen molar-refractivity contribution in [3.63, 3.8) is 0 Å². The number of rotatable bonds is 4. The molecule has 1 amide bonds. The van der Waals surface area contributed by atoms with Gasteiger partial charge in [-0.1, -0.05) is 6.58 Å². The van der Waals surface area contributed by atoms with Gasteiger partial charge in [0.05, 0.1) is 22.0 Å². The lowest BCUT2D eigenvalue weighted by Crippen LogP contribution is -2.49. The Hall–Kier alpha value is -2.22. The standard InChI is InChI=1S/C18H25N3O4S/c1-11(2)25-18(22)21-13-4-5-14(21)9-12(8-13)20-17-7-6-15(10-16(17)19)26(3,23)24/h6-7,10,12-14,20H,1,4-5,8-9,19H2,2-3H3/t12-,13+,14-. The van der Waals surface area contributed by atoms with Crippen molar-refractivity contribution in [2.45, 2.75) is 55.6 Å². The minimum atomic E-state index is -3.28. The number of sulfone groups is 1. The van der Waals surface area contributed by atoms with Gasteiger partial charge in [0.1, 0.15) is 0 Å². The van der Waals surface area contributed by atoms with Gasteiger partial charge in [0, 0.05) is 24.4 Å². The molecule has 2 aliphatic rings. The maximum absolute atomic E-state index is 12.3. The summed E-state index contributed by atoms with van der Waals surface area (Å²) < 4.78 is 28.4. The van der Waals surface area contributed by atoms with Gasteiger partial charge in [-0.2, -0.15) is 0 Å². The topological polar surface area (TPSA) is 102 Å². The summed E-state index contributed by atoms with van der Waals surface area (Å²) in [5.41, 5.74) is 7.16. The van der Waals surface area contributed by atoms with E-state index in [4.69, 9.17) is 10.5 Å². The third-order valence-corrected chi connectivity index (χ3v) is 6.13. The van der Waals surface area contributed by atoms with Crippen LogP contribution in [0.3, 0.4) is 0 Å². The van der Waals surface area contributed by atoms with Gasteiger partial charge in [-0.05, 0) is 50.8 Å². The summed E-state index contributed by atoms with van der Waals surface area (Å²) in [4.78, 5) is 14.3. The molecular formula is C18H25N3O4S. The fourth-order valence-electron chi connectivity index (χ4n) is 3.92. The van der Waals surface area contributed by atoms with Crippen LogP contribution in [-0.2, 0) is 14.6 Å². The number of hydrogen-bond acceptors (Lipinski definition) is 6. The van der Waals surface area contributed by atoms with E-state index in [1.807, 2.05) is 4.90 Å². The number of nitrogen functional groups attached to an aromatic ring is 1. The Bertz CT molecular complexity index is 823. The summed E-state index contributed by atoms with van der Waals surface area (Å²) in [6.45, 7) is 5.29. The SMILES string of the molecule is C=C(C)OC(=O)N1[C@@H]2CC[C@H]1C[C@@H](Nc1ccc(S(C)(=O)=O)cc1N)C2. The maximum Gasteiger partial charge on any atom is 0.415 e. The molecule has 2 aliphatic heterocycles. The van der Waals surface area contributed by atoms with Crippen LogP contribution in [0.2, 0.25) is 0 Å². The van der Waals surface area contributed by atoms with Crippen molar-refractivity contribution in [1.82, 2.24) is 4.90 Å². The highest BCUT2D eigenvalue weighted by atomic mass is 32.2. The van der Waals surface area contributed by atoms with Gasteiger partial charge in [-0.3, -0.25) is 0 Å². The molecule has 8 heteroatoms. The fourth-order valence-corrected chi connectivity index (χ4v) is 4.57. The van der Waals surface area contributed by atoms with Crippen LogP contribution in [0, 0.1) is 0 Å². The predicted octanol–water partition coefficient (Wildman–Crippen LogP) is 2.75. The van der Waals surface area contributed by atoms with Crippen molar-refractivity contribution in [2.75, 3.05) is 17.3 Å². The first kappa shape index (κ1) is 18.6. The van der Waals surface area contributed by atoms with Crippen molar-refractivity contribution >= 4 is 27.3 Å². The molecule has 3 atom stereocenters. The molecule has 142 valence electrons. The first-order chi connectivity index (χ1) is 12.1. The molecule has 2 heterocycles. The maximum atomic E-state index is 12.3. The Labute approximate surface area is 154 Å². The van der Waals surface area contributed by atoms with Crippen LogP contribution in [0.1, 0.15) is 32.6 Å². The van der Waals surface area contributed by atoms with Gasteiger partial charge >= 0.3 is 6.09 Å². The average Bonchev–Trinajstić information content (AvgIpc) is 2.79. The highest BCUT2D eigenvalue weighted by molar-refractivity contribution is 7.90. The number of nitrogens with zero attached hydrogens (tertiary/aromatic N) is 1. The number of ether oxygens (including phenoxy) is 1. The zero-order valence-electron chi connectivity index (χ0n) is 15.1. The van der Waals surface area contributed by atoms with Gasteiger partial charge in [-0.15, -0.1) is 0 Å². The highest BCUT2D eigenvalue weighted by Gasteiger charge is 2.44. The largest absolute Gasteiger partial charge is 0.416 e. The van der Waals surface area contributed by atoms with Crippen LogP contribution in [0.5, 0.6) is 0 Å². The van der Waals surface area contributed by atoms with Crippen molar-refractivity contribution in [3.8, 4) is 0 Å². The number of hydrogen-bond donors (Lipinski definition) is 2. The molecule has 2 saturated heterocycles.